The average molecular weight is 633 g/mol. The van der Waals surface area contributed by atoms with Crippen molar-refractivity contribution < 1.29 is 56.8 Å². The molecule has 0 atom stereocenters. The van der Waals surface area contributed by atoms with Gasteiger partial charge >= 0.3 is 0 Å². The number of rotatable bonds is 37. The summed E-state index contributed by atoms with van der Waals surface area (Å²) in [6, 6.07) is 0. The van der Waals surface area contributed by atoms with E-state index in [0.717, 1.165) is 26.1 Å². The minimum atomic E-state index is -0.979. The Labute approximate surface area is 259 Å². The van der Waals surface area contributed by atoms with Crippen molar-refractivity contribution in [1.82, 2.24) is 0 Å². The molecule has 0 saturated heterocycles. The molecule has 0 radical (unpaired) electrons. The first kappa shape index (κ1) is 41.9. The van der Waals surface area contributed by atoms with Gasteiger partial charge in [-0.1, -0.05) is 20.8 Å². The van der Waals surface area contributed by atoms with Crippen LogP contribution in [-0.4, -0.2) is 150 Å². The first-order valence-corrected chi connectivity index (χ1v) is 15.9. The van der Waals surface area contributed by atoms with Gasteiger partial charge in [-0.25, -0.2) is 0 Å². The van der Waals surface area contributed by atoms with Gasteiger partial charge in [-0.3, -0.25) is 0 Å². The van der Waals surface area contributed by atoms with Crippen molar-refractivity contribution in [2.45, 2.75) is 45.2 Å². The van der Waals surface area contributed by atoms with Crippen molar-refractivity contribution in [2.75, 3.05) is 145 Å². The van der Waals surface area contributed by atoms with E-state index in [2.05, 4.69) is 26.5 Å². The summed E-state index contributed by atoms with van der Waals surface area (Å²) in [6.45, 7) is 17.8. The van der Waals surface area contributed by atoms with Crippen molar-refractivity contribution >= 4 is 12.6 Å². The molecule has 42 heavy (non-hydrogen) atoms. The van der Waals surface area contributed by atoms with Gasteiger partial charge in [-0.15, -0.1) is 12.6 Å². The fraction of sp³-hybridized carbons (Fsp3) is 1.00. The van der Waals surface area contributed by atoms with E-state index in [1.54, 1.807) is 0 Å². The molecular formula is C29H60O12S. The van der Waals surface area contributed by atoms with Gasteiger partial charge in [0.15, 0.2) is 0 Å². The van der Waals surface area contributed by atoms with Gasteiger partial charge in [0, 0.05) is 19.6 Å². The molecule has 254 valence electrons. The fourth-order valence-corrected chi connectivity index (χ4v) is 3.20. The Morgan fingerprint density at radius 1 is 0.310 bits per heavy atom. The first-order chi connectivity index (χ1) is 20.7. The van der Waals surface area contributed by atoms with Gasteiger partial charge in [0.2, 0.25) is 5.12 Å². The second-order valence-corrected chi connectivity index (χ2v) is 9.57. The van der Waals surface area contributed by atoms with Crippen LogP contribution in [0.25, 0.3) is 0 Å². The van der Waals surface area contributed by atoms with Crippen LogP contribution in [0.2, 0.25) is 0 Å². The lowest BCUT2D eigenvalue weighted by Gasteiger charge is -2.27. The zero-order valence-electron chi connectivity index (χ0n) is 26.5. The van der Waals surface area contributed by atoms with Crippen LogP contribution in [0.5, 0.6) is 0 Å². The highest BCUT2D eigenvalue weighted by atomic mass is 32.1. The molecule has 13 heteroatoms. The minimum absolute atomic E-state index is 0.361. The normalized spacial score (nSPS) is 12.0. The summed E-state index contributed by atoms with van der Waals surface area (Å²) in [6.07, 6.45) is 2.62. The smallest absolute Gasteiger partial charge is 0.215 e. The van der Waals surface area contributed by atoms with E-state index in [9.17, 15) is 0 Å². The molecule has 0 aliphatic heterocycles. The zero-order valence-corrected chi connectivity index (χ0v) is 27.4. The lowest BCUT2D eigenvalue weighted by Crippen LogP contribution is -2.32. The molecule has 0 aliphatic rings. The van der Waals surface area contributed by atoms with Gasteiger partial charge in [0.05, 0.1) is 132 Å². The van der Waals surface area contributed by atoms with Crippen LogP contribution < -0.4 is 0 Å². The van der Waals surface area contributed by atoms with Gasteiger partial charge in [0.1, 0.15) is 0 Å². The van der Waals surface area contributed by atoms with Gasteiger partial charge in [0.25, 0.3) is 0 Å². The molecule has 0 unspecified atom stereocenters. The second kappa shape index (κ2) is 35.4. The van der Waals surface area contributed by atoms with Crippen molar-refractivity contribution in [2.24, 2.45) is 0 Å². The third-order valence-electron chi connectivity index (χ3n) is 5.23. The third-order valence-corrected chi connectivity index (χ3v) is 5.80. The van der Waals surface area contributed by atoms with E-state index in [1.165, 1.54) is 0 Å². The molecule has 0 N–H and O–H groups in total. The van der Waals surface area contributed by atoms with E-state index in [4.69, 9.17) is 56.8 Å². The van der Waals surface area contributed by atoms with Crippen LogP contribution in [0.1, 0.15) is 40.0 Å². The van der Waals surface area contributed by atoms with Crippen molar-refractivity contribution in [1.29, 1.82) is 0 Å². The molecular weight excluding hydrogens is 572 g/mol. The molecule has 0 spiro atoms. The van der Waals surface area contributed by atoms with E-state index in [1.807, 2.05) is 6.92 Å². The van der Waals surface area contributed by atoms with Crippen LogP contribution >= 0.6 is 12.6 Å². The molecule has 0 aliphatic carbocycles. The summed E-state index contributed by atoms with van der Waals surface area (Å²) in [4.78, 5) is 0. The Balaban J connectivity index is 3.37. The highest BCUT2D eigenvalue weighted by Gasteiger charge is 2.24. The van der Waals surface area contributed by atoms with Crippen LogP contribution in [0, 0.1) is 0 Å². The number of ether oxygens (including phenoxy) is 12. The standard InChI is InChI=1S/C29H60O12S/c1-4-7-30-9-11-32-13-15-34-17-19-36-21-23-38-25-27-40-29(42,6-3)41-28-26-39-24-22-37-20-18-35-16-14-33-12-10-31-8-5-2/h42H,4-28H2,1-3H3. The van der Waals surface area contributed by atoms with Crippen LogP contribution in [0.15, 0.2) is 0 Å². The summed E-state index contributed by atoms with van der Waals surface area (Å²) in [5, 5.41) is -0.979. The highest BCUT2D eigenvalue weighted by Crippen LogP contribution is 2.22. The SMILES string of the molecule is CCCOCCOCCOCCOCCOCCOC(S)(CC)OCCOCCOCCOCCOCCOCCC. The topological polar surface area (TPSA) is 111 Å². The summed E-state index contributed by atoms with van der Waals surface area (Å²) in [5.74, 6) is 0. The van der Waals surface area contributed by atoms with E-state index in [0.29, 0.717) is 139 Å². The van der Waals surface area contributed by atoms with E-state index < -0.39 is 5.12 Å². The average Bonchev–Trinajstić information content (AvgIpc) is 3.00. The monoisotopic (exact) mass is 632 g/mol. The van der Waals surface area contributed by atoms with Gasteiger partial charge < -0.3 is 56.8 Å². The molecule has 0 bridgehead atoms. The maximum absolute atomic E-state index is 5.75. The molecule has 0 saturated carbocycles. The van der Waals surface area contributed by atoms with Gasteiger partial charge in [-0.05, 0) is 12.8 Å². The quantitative estimate of drug-likeness (QED) is 0.0618. The molecule has 0 amide bonds. The highest BCUT2D eigenvalue weighted by molar-refractivity contribution is 7.81. The van der Waals surface area contributed by atoms with Crippen LogP contribution in [0.4, 0.5) is 0 Å². The third kappa shape index (κ3) is 32.8. The predicted octanol–water partition coefficient (Wildman–Crippen LogP) is 3.00. The lowest BCUT2D eigenvalue weighted by molar-refractivity contribution is -0.185. The van der Waals surface area contributed by atoms with E-state index >= 15 is 0 Å². The van der Waals surface area contributed by atoms with Gasteiger partial charge in [-0.2, -0.15) is 0 Å². The maximum Gasteiger partial charge on any atom is 0.215 e. The Hall–Kier alpha value is -0.130. The summed E-state index contributed by atoms with van der Waals surface area (Å²) in [7, 11) is 0. The Morgan fingerprint density at radius 2 is 0.500 bits per heavy atom. The van der Waals surface area contributed by atoms with E-state index in [-0.39, 0.29) is 0 Å². The molecule has 0 aromatic rings. The number of hydrogen-bond acceptors (Lipinski definition) is 13. The summed E-state index contributed by atoms with van der Waals surface area (Å²) >= 11 is 4.52. The van der Waals surface area contributed by atoms with Crippen molar-refractivity contribution in [3.05, 3.63) is 0 Å². The molecule has 12 nitrogen and oxygen atoms in total. The minimum Gasteiger partial charge on any atom is -0.379 e. The maximum atomic E-state index is 5.75. The largest absolute Gasteiger partial charge is 0.379 e. The predicted molar refractivity (Wildman–Crippen MR) is 163 cm³/mol. The van der Waals surface area contributed by atoms with Crippen LogP contribution in [-0.2, 0) is 56.8 Å². The molecule has 0 aromatic carbocycles. The fourth-order valence-electron chi connectivity index (χ4n) is 3.02. The Bertz CT molecular complexity index is 469. The molecule has 0 fully saturated rings. The molecule has 0 rings (SSSR count). The molecule has 0 aromatic heterocycles. The Morgan fingerprint density at radius 3 is 0.690 bits per heavy atom. The van der Waals surface area contributed by atoms with Crippen molar-refractivity contribution in [3.8, 4) is 0 Å². The summed E-state index contributed by atoms with van der Waals surface area (Å²) in [5.41, 5.74) is 0. The number of thiol groups is 1. The first-order valence-electron chi connectivity index (χ1n) is 15.5. The Kier molecular flexibility index (Phi) is 35.2. The second-order valence-electron chi connectivity index (χ2n) is 8.89. The van der Waals surface area contributed by atoms with Crippen LogP contribution in [0.3, 0.4) is 0 Å². The lowest BCUT2D eigenvalue weighted by atomic mass is 10.4. The molecule has 0 heterocycles. The summed E-state index contributed by atoms with van der Waals surface area (Å²) < 4.78 is 66.0. The zero-order chi connectivity index (χ0) is 30.7. The number of hydrogen-bond donors (Lipinski definition) is 1. The van der Waals surface area contributed by atoms with Crippen molar-refractivity contribution in [3.63, 3.8) is 0 Å².